The molecule has 0 aliphatic carbocycles. The van der Waals surface area contributed by atoms with E-state index in [1.54, 1.807) is 23.0 Å². The van der Waals surface area contributed by atoms with Gasteiger partial charge in [0.2, 0.25) is 0 Å². The van der Waals surface area contributed by atoms with Gasteiger partial charge in [-0.25, -0.2) is 14.4 Å². The van der Waals surface area contributed by atoms with Crippen LogP contribution in [0.25, 0.3) is 5.69 Å². The number of guanidine groups is 1. The molecular weight excluding hydrogens is 293 g/mol. The van der Waals surface area contributed by atoms with Gasteiger partial charge in [-0.2, -0.15) is 0 Å². The van der Waals surface area contributed by atoms with Gasteiger partial charge in [-0.05, 0) is 38.0 Å². The van der Waals surface area contributed by atoms with Crippen LogP contribution in [-0.2, 0) is 6.54 Å². The molecule has 0 unspecified atom stereocenters. The van der Waals surface area contributed by atoms with Gasteiger partial charge in [-0.1, -0.05) is 13.0 Å². The number of nitrogens with one attached hydrogen (secondary N) is 2. The quantitative estimate of drug-likeness (QED) is 0.636. The maximum atomic E-state index is 14.3. The Bertz CT molecular complexity index is 663. The Labute approximate surface area is 136 Å². The van der Waals surface area contributed by atoms with E-state index in [2.05, 4.69) is 27.5 Å². The van der Waals surface area contributed by atoms with Crippen molar-refractivity contribution in [1.29, 1.82) is 0 Å². The molecule has 0 saturated carbocycles. The van der Waals surface area contributed by atoms with Gasteiger partial charge < -0.3 is 15.2 Å². The average molecular weight is 317 g/mol. The molecule has 0 saturated heterocycles. The summed E-state index contributed by atoms with van der Waals surface area (Å²) in [5.41, 5.74) is 1.33. The van der Waals surface area contributed by atoms with Crippen molar-refractivity contribution >= 4 is 5.96 Å². The molecule has 0 bridgehead atoms. The van der Waals surface area contributed by atoms with Crippen LogP contribution in [0.2, 0.25) is 0 Å². The van der Waals surface area contributed by atoms with E-state index in [-0.39, 0.29) is 5.82 Å². The fourth-order valence-electron chi connectivity index (χ4n) is 2.23. The Hall–Kier alpha value is -2.37. The molecule has 2 N–H and O–H groups in total. The number of aryl methyl sites for hydroxylation is 1. The number of benzene rings is 1. The molecule has 0 amide bonds. The molecule has 0 radical (unpaired) electrons. The van der Waals surface area contributed by atoms with E-state index in [4.69, 9.17) is 0 Å². The second kappa shape index (κ2) is 8.31. The summed E-state index contributed by atoms with van der Waals surface area (Å²) >= 11 is 0. The SMILES string of the molecule is CCCNC(=NCc1ccc(-n2ccnc2C)c(F)c1)NCC. The minimum Gasteiger partial charge on any atom is -0.357 e. The second-order valence-electron chi connectivity index (χ2n) is 5.25. The summed E-state index contributed by atoms with van der Waals surface area (Å²) in [6, 6.07) is 5.19. The lowest BCUT2D eigenvalue weighted by atomic mass is 10.2. The molecule has 2 aromatic rings. The molecule has 124 valence electrons. The van der Waals surface area contributed by atoms with E-state index < -0.39 is 0 Å². The van der Waals surface area contributed by atoms with Gasteiger partial charge in [0.15, 0.2) is 5.96 Å². The van der Waals surface area contributed by atoms with Gasteiger partial charge in [0.05, 0.1) is 12.2 Å². The molecule has 1 heterocycles. The molecule has 6 heteroatoms. The normalized spacial score (nSPS) is 11.6. The molecule has 0 aliphatic rings. The highest BCUT2D eigenvalue weighted by Crippen LogP contribution is 2.17. The first kappa shape index (κ1) is 17.0. The number of aliphatic imine (C=N–C) groups is 1. The van der Waals surface area contributed by atoms with E-state index in [9.17, 15) is 4.39 Å². The lowest BCUT2D eigenvalue weighted by Crippen LogP contribution is -2.37. The summed E-state index contributed by atoms with van der Waals surface area (Å²) in [5, 5.41) is 6.41. The number of hydrogen-bond donors (Lipinski definition) is 2. The molecule has 0 fully saturated rings. The van der Waals surface area contributed by atoms with Crippen LogP contribution in [-0.4, -0.2) is 28.6 Å². The van der Waals surface area contributed by atoms with Gasteiger partial charge >= 0.3 is 0 Å². The van der Waals surface area contributed by atoms with E-state index in [0.29, 0.717) is 12.2 Å². The van der Waals surface area contributed by atoms with Crippen LogP contribution in [0.15, 0.2) is 35.6 Å². The second-order valence-corrected chi connectivity index (χ2v) is 5.25. The number of aromatic nitrogens is 2. The molecule has 0 spiro atoms. The van der Waals surface area contributed by atoms with Gasteiger partial charge in [0.1, 0.15) is 11.6 Å². The molecule has 0 atom stereocenters. The summed E-state index contributed by atoms with van der Waals surface area (Å²) < 4.78 is 16.1. The number of hydrogen-bond acceptors (Lipinski definition) is 2. The van der Waals surface area contributed by atoms with Crippen molar-refractivity contribution < 1.29 is 4.39 Å². The van der Waals surface area contributed by atoms with Crippen LogP contribution in [0.1, 0.15) is 31.7 Å². The first-order valence-corrected chi connectivity index (χ1v) is 7.96. The Morgan fingerprint density at radius 3 is 2.74 bits per heavy atom. The van der Waals surface area contributed by atoms with Gasteiger partial charge in [0, 0.05) is 25.5 Å². The first-order valence-electron chi connectivity index (χ1n) is 7.96. The minimum atomic E-state index is -0.273. The highest BCUT2D eigenvalue weighted by molar-refractivity contribution is 5.79. The lowest BCUT2D eigenvalue weighted by molar-refractivity contribution is 0.614. The topological polar surface area (TPSA) is 54.2 Å². The first-order chi connectivity index (χ1) is 11.2. The fraction of sp³-hybridized carbons (Fsp3) is 0.412. The van der Waals surface area contributed by atoms with E-state index in [0.717, 1.165) is 36.9 Å². The fourth-order valence-corrected chi connectivity index (χ4v) is 2.23. The van der Waals surface area contributed by atoms with Crippen molar-refractivity contribution in [3.63, 3.8) is 0 Å². The summed E-state index contributed by atoms with van der Waals surface area (Å²) in [7, 11) is 0. The molecular formula is C17H24FN5. The zero-order chi connectivity index (χ0) is 16.7. The summed E-state index contributed by atoms with van der Waals surface area (Å²) in [4.78, 5) is 8.60. The van der Waals surface area contributed by atoms with Crippen molar-refractivity contribution in [3.8, 4) is 5.69 Å². The zero-order valence-corrected chi connectivity index (χ0v) is 13.9. The van der Waals surface area contributed by atoms with Crippen molar-refractivity contribution in [1.82, 2.24) is 20.2 Å². The third-order valence-corrected chi connectivity index (χ3v) is 3.40. The number of rotatable bonds is 6. The van der Waals surface area contributed by atoms with Crippen molar-refractivity contribution in [2.45, 2.75) is 33.7 Å². The third-order valence-electron chi connectivity index (χ3n) is 3.40. The van der Waals surface area contributed by atoms with Crippen molar-refractivity contribution in [3.05, 3.63) is 47.8 Å². The highest BCUT2D eigenvalue weighted by atomic mass is 19.1. The summed E-state index contributed by atoms with van der Waals surface area (Å²) in [6.07, 6.45) is 4.44. The zero-order valence-electron chi connectivity index (χ0n) is 13.9. The Morgan fingerprint density at radius 2 is 2.13 bits per heavy atom. The molecule has 0 aliphatic heterocycles. The van der Waals surface area contributed by atoms with Crippen molar-refractivity contribution in [2.75, 3.05) is 13.1 Å². The van der Waals surface area contributed by atoms with E-state index in [1.165, 1.54) is 6.07 Å². The molecule has 23 heavy (non-hydrogen) atoms. The Morgan fingerprint density at radius 1 is 1.30 bits per heavy atom. The third kappa shape index (κ3) is 4.55. The number of imidazole rings is 1. The van der Waals surface area contributed by atoms with E-state index >= 15 is 0 Å². The maximum absolute atomic E-state index is 14.3. The molecule has 1 aromatic heterocycles. The standard InChI is InChI=1S/C17H24FN5/c1-4-8-21-17(19-5-2)22-12-14-6-7-16(15(18)11-14)23-10-9-20-13(23)3/h6-7,9-11H,4-5,8,12H2,1-3H3,(H2,19,21,22). The number of nitrogens with zero attached hydrogens (tertiary/aromatic N) is 3. The van der Waals surface area contributed by atoms with Crippen LogP contribution in [0.4, 0.5) is 4.39 Å². The highest BCUT2D eigenvalue weighted by Gasteiger charge is 2.08. The smallest absolute Gasteiger partial charge is 0.191 e. The Balaban J connectivity index is 2.12. The lowest BCUT2D eigenvalue weighted by Gasteiger charge is -2.11. The van der Waals surface area contributed by atoms with Gasteiger partial charge in [-0.15, -0.1) is 0 Å². The van der Waals surface area contributed by atoms with Gasteiger partial charge in [-0.3, -0.25) is 0 Å². The summed E-state index contributed by atoms with van der Waals surface area (Å²) in [5.74, 6) is 1.24. The monoisotopic (exact) mass is 317 g/mol. The Kier molecular flexibility index (Phi) is 6.14. The largest absolute Gasteiger partial charge is 0.357 e. The predicted octanol–water partition coefficient (Wildman–Crippen LogP) is 2.78. The molecule has 1 aromatic carbocycles. The van der Waals surface area contributed by atoms with E-state index in [1.807, 2.05) is 19.9 Å². The van der Waals surface area contributed by atoms with Crippen LogP contribution >= 0.6 is 0 Å². The predicted molar refractivity (Wildman–Crippen MR) is 91.4 cm³/mol. The van der Waals surface area contributed by atoms with Crippen molar-refractivity contribution in [2.24, 2.45) is 4.99 Å². The minimum absolute atomic E-state index is 0.273. The number of halogens is 1. The van der Waals surface area contributed by atoms with Crippen LogP contribution in [0, 0.1) is 12.7 Å². The van der Waals surface area contributed by atoms with Crippen LogP contribution < -0.4 is 10.6 Å². The summed E-state index contributed by atoms with van der Waals surface area (Å²) in [6.45, 7) is 8.05. The molecule has 5 nitrogen and oxygen atoms in total. The van der Waals surface area contributed by atoms with Gasteiger partial charge in [0.25, 0.3) is 0 Å². The maximum Gasteiger partial charge on any atom is 0.191 e. The van der Waals surface area contributed by atoms with Crippen LogP contribution in [0.3, 0.4) is 0 Å². The molecule has 2 rings (SSSR count). The van der Waals surface area contributed by atoms with Crippen LogP contribution in [0.5, 0.6) is 0 Å². The average Bonchev–Trinajstić information content (AvgIpc) is 2.96.